The summed E-state index contributed by atoms with van der Waals surface area (Å²) in [5.74, 6) is 5.91. The van der Waals surface area contributed by atoms with Crippen LogP contribution in [0.2, 0.25) is 0 Å². The molecule has 0 bridgehead atoms. The molecule has 2 N–H and O–H groups in total. The zero-order chi connectivity index (χ0) is 19.2. The molecule has 0 saturated heterocycles. The van der Waals surface area contributed by atoms with E-state index in [0.717, 1.165) is 35.5 Å². The number of fused-ring (bicyclic) bond motifs is 5. The largest absolute Gasteiger partial charge is 0.412 e. The highest BCUT2D eigenvalue weighted by Gasteiger charge is 2.59. The van der Waals surface area contributed by atoms with E-state index in [-0.39, 0.29) is 5.48 Å². The lowest BCUT2D eigenvalue weighted by atomic mass is 9.46. The zero-order valence-electron chi connectivity index (χ0n) is 19.5. The molecule has 4 aliphatic carbocycles. The fourth-order valence-corrected chi connectivity index (χ4v) is 8.78. The molecule has 1 unspecified atom stereocenters. The Bertz CT molecular complexity index is 563. The van der Waals surface area contributed by atoms with Gasteiger partial charge in [0.15, 0.2) is 0 Å². The molecule has 3 saturated carbocycles. The lowest BCUT2D eigenvalue weighted by Crippen LogP contribution is -2.50. The molecule has 3 fully saturated rings. The van der Waals surface area contributed by atoms with Crippen LogP contribution in [0, 0.1) is 46.3 Å². The monoisotopic (exact) mass is 388 g/mol. The summed E-state index contributed by atoms with van der Waals surface area (Å²) < 4.78 is 0. The van der Waals surface area contributed by atoms with Crippen LogP contribution in [0.4, 0.5) is 0 Å². The van der Waals surface area contributed by atoms with Gasteiger partial charge in [0.2, 0.25) is 0 Å². The molecule has 0 aromatic carbocycles. The number of hydrogen-bond acceptors (Lipinski definition) is 0. The number of allylic oxidation sites excluding steroid dienone is 2. The van der Waals surface area contributed by atoms with Gasteiger partial charge in [-0.1, -0.05) is 65.5 Å². The van der Waals surface area contributed by atoms with E-state index < -0.39 is 0 Å². The van der Waals surface area contributed by atoms with Crippen LogP contribution in [0.5, 0.6) is 0 Å². The Labute approximate surface area is 175 Å². The van der Waals surface area contributed by atoms with Gasteiger partial charge in [0.05, 0.1) is 0 Å². The molecule has 162 valence electrons. The van der Waals surface area contributed by atoms with E-state index in [9.17, 15) is 0 Å². The first-order valence-electron chi connectivity index (χ1n) is 12.6. The standard InChI is InChI=1S/C27H46.H2O/c1-19(2)9-8-10-20(3)23-14-15-24-22-13-12-21-11-6-7-17-26(21,4)25(22)16-18-27(23,24)5;/h11,19-20,22-25H,6-10,12-18H2,1-5H3;1H2/t20?,22-,23+,24-,25-,26-,27+;/m0./s1. The van der Waals surface area contributed by atoms with Crippen LogP contribution in [-0.2, 0) is 0 Å². The molecule has 7 atom stereocenters. The minimum atomic E-state index is 0. The minimum Gasteiger partial charge on any atom is -0.412 e. The number of rotatable bonds is 5. The smallest absolute Gasteiger partial charge is 0.00853 e. The molecule has 0 heterocycles. The maximum absolute atomic E-state index is 2.74. The summed E-state index contributed by atoms with van der Waals surface area (Å²) in [6.07, 6.45) is 20.4. The third-order valence-electron chi connectivity index (χ3n) is 10.2. The fraction of sp³-hybridized carbons (Fsp3) is 0.926. The Hall–Kier alpha value is -0.300. The first-order valence-corrected chi connectivity index (χ1v) is 12.6. The molecule has 28 heavy (non-hydrogen) atoms. The fourth-order valence-electron chi connectivity index (χ4n) is 8.78. The van der Waals surface area contributed by atoms with Crippen LogP contribution < -0.4 is 0 Å². The van der Waals surface area contributed by atoms with Crippen molar-refractivity contribution in [2.24, 2.45) is 46.3 Å². The number of hydrogen-bond donors (Lipinski definition) is 0. The molecule has 4 aliphatic rings. The van der Waals surface area contributed by atoms with E-state index in [1.165, 1.54) is 70.6 Å². The summed E-state index contributed by atoms with van der Waals surface area (Å²) in [7, 11) is 0. The predicted molar refractivity (Wildman–Crippen MR) is 121 cm³/mol. The van der Waals surface area contributed by atoms with Crippen LogP contribution in [0.3, 0.4) is 0 Å². The SMILES string of the molecule is CC(C)CCCC(C)[C@H]1CC[C@H]2[C@@H]3CCC4=CCCC[C@]4(C)[C@H]3CC[C@]12C.O. The maximum Gasteiger partial charge on any atom is -0.00853 e. The first kappa shape index (κ1) is 22.4. The zero-order valence-corrected chi connectivity index (χ0v) is 19.5. The average molecular weight is 389 g/mol. The molecule has 0 aliphatic heterocycles. The van der Waals surface area contributed by atoms with Crippen molar-refractivity contribution >= 4 is 0 Å². The first-order chi connectivity index (χ1) is 12.9. The summed E-state index contributed by atoms with van der Waals surface area (Å²) in [6, 6.07) is 0. The summed E-state index contributed by atoms with van der Waals surface area (Å²) in [5.41, 5.74) is 3.10. The third-order valence-corrected chi connectivity index (χ3v) is 10.2. The van der Waals surface area contributed by atoms with Crippen LogP contribution >= 0.6 is 0 Å². The van der Waals surface area contributed by atoms with Gasteiger partial charge in [0, 0.05) is 0 Å². The Morgan fingerprint density at radius 1 is 0.964 bits per heavy atom. The molecular weight excluding hydrogens is 340 g/mol. The van der Waals surface area contributed by atoms with E-state index in [1.807, 2.05) is 5.57 Å². The predicted octanol–water partition coefficient (Wildman–Crippen LogP) is 7.59. The van der Waals surface area contributed by atoms with E-state index in [4.69, 9.17) is 0 Å². The van der Waals surface area contributed by atoms with Crippen LogP contribution in [0.15, 0.2) is 11.6 Å². The quantitative estimate of drug-likeness (QED) is 0.434. The highest BCUT2D eigenvalue weighted by Crippen LogP contribution is 2.67. The second kappa shape index (κ2) is 8.44. The average Bonchev–Trinajstić information content (AvgIpc) is 2.98. The Balaban J connectivity index is 0.00000225. The normalized spacial score (nSPS) is 43.4. The Morgan fingerprint density at radius 2 is 1.75 bits per heavy atom. The van der Waals surface area contributed by atoms with Crippen molar-refractivity contribution in [3.63, 3.8) is 0 Å². The van der Waals surface area contributed by atoms with Crippen molar-refractivity contribution in [1.29, 1.82) is 0 Å². The van der Waals surface area contributed by atoms with E-state index in [0.29, 0.717) is 10.8 Å². The van der Waals surface area contributed by atoms with Crippen molar-refractivity contribution in [2.45, 2.75) is 112 Å². The Morgan fingerprint density at radius 3 is 2.50 bits per heavy atom. The van der Waals surface area contributed by atoms with Gasteiger partial charge in [-0.05, 0) is 104 Å². The van der Waals surface area contributed by atoms with Crippen LogP contribution in [0.25, 0.3) is 0 Å². The Kier molecular flexibility index (Phi) is 6.75. The molecule has 1 nitrogen and oxygen atoms in total. The van der Waals surface area contributed by atoms with Gasteiger partial charge < -0.3 is 5.48 Å². The van der Waals surface area contributed by atoms with Gasteiger partial charge in [-0.15, -0.1) is 0 Å². The maximum atomic E-state index is 2.74. The van der Waals surface area contributed by atoms with Gasteiger partial charge >= 0.3 is 0 Å². The summed E-state index contributed by atoms with van der Waals surface area (Å²) in [5, 5.41) is 0. The van der Waals surface area contributed by atoms with Gasteiger partial charge in [0.25, 0.3) is 0 Å². The van der Waals surface area contributed by atoms with Crippen molar-refractivity contribution in [3.8, 4) is 0 Å². The van der Waals surface area contributed by atoms with Crippen LogP contribution in [-0.4, -0.2) is 5.48 Å². The van der Waals surface area contributed by atoms with Crippen molar-refractivity contribution in [3.05, 3.63) is 11.6 Å². The highest BCUT2D eigenvalue weighted by atomic mass is 16.0. The molecule has 0 aromatic heterocycles. The third kappa shape index (κ3) is 3.63. The second-order valence-electron chi connectivity index (χ2n) is 12.0. The van der Waals surface area contributed by atoms with E-state index in [1.54, 1.807) is 6.42 Å². The van der Waals surface area contributed by atoms with Gasteiger partial charge in [-0.25, -0.2) is 0 Å². The lowest BCUT2D eigenvalue weighted by Gasteiger charge is -2.58. The van der Waals surface area contributed by atoms with Crippen molar-refractivity contribution < 1.29 is 5.48 Å². The minimum absolute atomic E-state index is 0. The topological polar surface area (TPSA) is 31.5 Å². The summed E-state index contributed by atoms with van der Waals surface area (Å²) >= 11 is 0. The van der Waals surface area contributed by atoms with E-state index in [2.05, 4.69) is 40.7 Å². The van der Waals surface area contributed by atoms with Gasteiger partial charge in [-0.3, -0.25) is 0 Å². The molecule has 0 amide bonds. The molecule has 0 radical (unpaired) electrons. The van der Waals surface area contributed by atoms with E-state index >= 15 is 0 Å². The van der Waals surface area contributed by atoms with Crippen molar-refractivity contribution in [2.75, 3.05) is 0 Å². The lowest BCUT2D eigenvalue weighted by molar-refractivity contribution is -0.0592. The van der Waals surface area contributed by atoms with Gasteiger partial charge in [-0.2, -0.15) is 0 Å². The second-order valence-corrected chi connectivity index (χ2v) is 12.0. The molecule has 0 aromatic rings. The summed E-state index contributed by atoms with van der Waals surface area (Å²) in [6.45, 7) is 12.8. The summed E-state index contributed by atoms with van der Waals surface area (Å²) in [4.78, 5) is 0. The van der Waals surface area contributed by atoms with Gasteiger partial charge in [0.1, 0.15) is 0 Å². The molecular formula is C27H48O. The van der Waals surface area contributed by atoms with Crippen molar-refractivity contribution in [1.82, 2.24) is 0 Å². The highest BCUT2D eigenvalue weighted by molar-refractivity contribution is 5.23. The molecule has 4 rings (SSSR count). The van der Waals surface area contributed by atoms with Crippen LogP contribution in [0.1, 0.15) is 112 Å². The molecule has 1 heteroatoms. The molecule has 0 spiro atoms.